The molecule has 302 valence electrons. The number of amides is 2. The van der Waals surface area contributed by atoms with Crippen molar-refractivity contribution in [3.63, 3.8) is 0 Å². The second kappa shape index (κ2) is 28.1. The Labute approximate surface area is 323 Å². The zero-order valence-electron chi connectivity index (χ0n) is 35.1. The maximum Gasteiger partial charge on any atom is 0.222 e. The van der Waals surface area contributed by atoms with Crippen LogP contribution in [0, 0.1) is 23.7 Å². The summed E-state index contributed by atoms with van der Waals surface area (Å²) in [4.78, 5) is 34.0. The summed E-state index contributed by atoms with van der Waals surface area (Å²) in [7, 11) is 4.30. The van der Waals surface area contributed by atoms with Gasteiger partial charge in [-0.15, -0.1) is 0 Å². The molecule has 2 aliphatic heterocycles. The third kappa shape index (κ3) is 18.3. The van der Waals surface area contributed by atoms with Crippen LogP contribution in [0.5, 0.6) is 0 Å². The SMILES string of the molecule is CCCCCC[C@@H]1CC[C@H](CCCCCCCC(=O)N2CCN(C)CC2)[C@H](C/C=C\CCCCCCCC(=O)N2CCN(C)CC2)[C@@H]1CCCCC. The molecule has 1 aliphatic carbocycles. The van der Waals surface area contributed by atoms with Gasteiger partial charge in [-0.25, -0.2) is 0 Å². The summed E-state index contributed by atoms with van der Waals surface area (Å²) < 4.78 is 0. The van der Waals surface area contributed by atoms with Crippen molar-refractivity contribution in [1.82, 2.24) is 19.6 Å². The van der Waals surface area contributed by atoms with Crippen LogP contribution in [-0.2, 0) is 9.59 Å². The molecule has 2 heterocycles. The van der Waals surface area contributed by atoms with Crippen LogP contribution in [0.25, 0.3) is 0 Å². The first-order chi connectivity index (χ1) is 25.4. The van der Waals surface area contributed by atoms with E-state index in [1.54, 1.807) is 0 Å². The minimum Gasteiger partial charge on any atom is -0.340 e. The Balaban J connectivity index is 1.39. The summed E-state index contributed by atoms with van der Waals surface area (Å²) in [5.41, 5.74) is 0. The third-order valence-electron chi connectivity index (χ3n) is 13.3. The summed E-state index contributed by atoms with van der Waals surface area (Å²) in [5.74, 6) is 4.40. The number of carbonyl (C=O) groups is 2. The molecule has 0 aromatic heterocycles. The molecule has 1 saturated carbocycles. The predicted molar refractivity (Wildman–Crippen MR) is 223 cm³/mol. The molecule has 0 bridgehead atoms. The summed E-state index contributed by atoms with van der Waals surface area (Å²) in [6, 6.07) is 0. The monoisotopic (exact) mass is 727 g/mol. The summed E-state index contributed by atoms with van der Waals surface area (Å²) in [6.45, 7) is 12.4. The standard InChI is InChI=1S/C46H86N4O2/c1-5-7-9-20-25-41-31-32-42(26-21-15-14-18-24-30-46(52)50-39-35-48(4)36-40-50)44(43(41)27-19-8-6-2)28-22-16-12-10-11-13-17-23-29-45(51)49-37-33-47(3)34-38-49/h16,22,41-44H,5-15,17-21,23-40H2,1-4H3/b22-16-/t41-,42+,43-,44+/m1/s1. The number of likely N-dealkylation sites (N-methyl/N-ethyl adjacent to an activating group) is 2. The Morgan fingerprint density at radius 2 is 0.904 bits per heavy atom. The van der Waals surface area contributed by atoms with E-state index in [1.165, 1.54) is 141 Å². The Morgan fingerprint density at radius 1 is 0.481 bits per heavy atom. The van der Waals surface area contributed by atoms with Gasteiger partial charge in [0.05, 0.1) is 0 Å². The van der Waals surface area contributed by atoms with Gasteiger partial charge in [0.1, 0.15) is 0 Å². The molecule has 3 aliphatic rings. The lowest BCUT2D eigenvalue weighted by atomic mass is 9.61. The topological polar surface area (TPSA) is 47.1 Å². The van der Waals surface area contributed by atoms with Crippen molar-refractivity contribution >= 4 is 11.8 Å². The Kier molecular flexibility index (Phi) is 24.3. The van der Waals surface area contributed by atoms with Gasteiger partial charge in [-0.1, -0.05) is 129 Å². The quantitative estimate of drug-likeness (QED) is 0.0625. The molecule has 0 radical (unpaired) electrons. The number of carbonyl (C=O) groups excluding carboxylic acids is 2. The first-order valence-electron chi connectivity index (χ1n) is 23.0. The highest BCUT2D eigenvalue weighted by Crippen LogP contribution is 2.47. The van der Waals surface area contributed by atoms with E-state index in [-0.39, 0.29) is 0 Å². The van der Waals surface area contributed by atoms with E-state index in [0.717, 1.165) is 102 Å². The van der Waals surface area contributed by atoms with Crippen LogP contribution in [-0.4, -0.2) is 97.9 Å². The van der Waals surface area contributed by atoms with Crippen molar-refractivity contribution in [2.45, 2.75) is 181 Å². The highest BCUT2D eigenvalue weighted by atomic mass is 16.2. The van der Waals surface area contributed by atoms with Crippen molar-refractivity contribution in [3.8, 4) is 0 Å². The van der Waals surface area contributed by atoms with Crippen LogP contribution in [0.15, 0.2) is 12.2 Å². The fourth-order valence-corrected chi connectivity index (χ4v) is 9.63. The number of rotatable bonds is 27. The van der Waals surface area contributed by atoms with E-state index < -0.39 is 0 Å². The number of hydrogen-bond donors (Lipinski definition) is 0. The van der Waals surface area contributed by atoms with E-state index in [1.807, 2.05) is 0 Å². The van der Waals surface area contributed by atoms with Gasteiger partial charge in [-0.3, -0.25) is 9.59 Å². The maximum atomic E-state index is 12.6. The van der Waals surface area contributed by atoms with E-state index in [4.69, 9.17) is 0 Å². The lowest BCUT2D eigenvalue weighted by Gasteiger charge is -2.44. The molecule has 6 nitrogen and oxygen atoms in total. The highest BCUT2D eigenvalue weighted by Gasteiger charge is 2.37. The predicted octanol–water partition coefficient (Wildman–Crippen LogP) is 10.8. The van der Waals surface area contributed by atoms with Gasteiger partial charge in [0.2, 0.25) is 11.8 Å². The van der Waals surface area contributed by atoms with Crippen LogP contribution in [0.4, 0.5) is 0 Å². The van der Waals surface area contributed by atoms with Gasteiger partial charge >= 0.3 is 0 Å². The van der Waals surface area contributed by atoms with Crippen molar-refractivity contribution in [3.05, 3.63) is 12.2 Å². The Bertz CT molecular complexity index is 939. The average Bonchev–Trinajstić information content (AvgIpc) is 3.15. The number of unbranched alkanes of at least 4 members (excludes halogenated alkanes) is 14. The van der Waals surface area contributed by atoms with Gasteiger partial charge < -0.3 is 19.6 Å². The second-order valence-corrected chi connectivity index (χ2v) is 17.5. The van der Waals surface area contributed by atoms with E-state index in [0.29, 0.717) is 11.8 Å². The van der Waals surface area contributed by atoms with E-state index in [2.05, 4.69) is 59.7 Å². The van der Waals surface area contributed by atoms with E-state index in [9.17, 15) is 9.59 Å². The first kappa shape index (κ1) is 45.0. The maximum absolute atomic E-state index is 12.6. The first-order valence-corrected chi connectivity index (χ1v) is 23.0. The molecule has 0 N–H and O–H groups in total. The molecular weight excluding hydrogens is 641 g/mol. The van der Waals surface area contributed by atoms with Gasteiger partial charge in [0, 0.05) is 65.2 Å². The third-order valence-corrected chi connectivity index (χ3v) is 13.3. The largest absolute Gasteiger partial charge is 0.340 e. The molecule has 52 heavy (non-hydrogen) atoms. The minimum atomic E-state index is 0.373. The lowest BCUT2D eigenvalue weighted by molar-refractivity contribution is -0.133. The van der Waals surface area contributed by atoms with Crippen LogP contribution in [0.2, 0.25) is 0 Å². The second-order valence-electron chi connectivity index (χ2n) is 17.5. The Morgan fingerprint density at radius 3 is 1.44 bits per heavy atom. The fourth-order valence-electron chi connectivity index (χ4n) is 9.63. The lowest BCUT2D eigenvalue weighted by Crippen LogP contribution is -2.47. The molecule has 2 saturated heterocycles. The molecule has 0 aromatic carbocycles. The van der Waals surface area contributed by atoms with Crippen molar-refractivity contribution in [2.24, 2.45) is 23.7 Å². The van der Waals surface area contributed by atoms with Crippen LogP contribution in [0.3, 0.4) is 0 Å². The molecule has 2 amide bonds. The normalized spacial score (nSPS) is 23.5. The zero-order chi connectivity index (χ0) is 37.2. The summed E-state index contributed by atoms with van der Waals surface area (Å²) >= 11 is 0. The number of piperazine rings is 2. The van der Waals surface area contributed by atoms with Crippen LogP contribution < -0.4 is 0 Å². The fraction of sp³-hybridized carbons (Fsp3) is 0.913. The van der Waals surface area contributed by atoms with E-state index >= 15 is 0 Å². The Hall–Kier alpha value is -1.40. The molecule has 0 aromatic rings. The van der Waals surface area contributed by atoms with Crippen molar-refractivity contribution in [2.75, 3.05) is 66.5 Å². The molecule has 4 atom stereocenters. The van der Waals surface area contributed by atoms with Crippen molar-refractivity contribution in [1.29, 1.82) is 0 Å². The van der Waals surface area contributed by atoms with Crippen molar-refractivity contribution < 1.29 is 9.59 Å². The summed E-state index contributed by atoms with van der Waals surface area (Å²) in [5, 5.41) is 0. The average molecular weight is 727 g/mol. The van der Waals surface area contributed by atoms with Gasteiger partial charge in [-0.2, -0.15) is 0 Å². The summed E-state index contributed by atoms with van der Waals surface area (Å²) in [6.07, 6.45) is 38.6. The highest BCUT2D eigenvalue weighted by molar-refractivity contribution is 5.76. The number of allylic oxidation sites excluding steroid dienone is 2. The van der Waals surface area contributed by atoms with Crippen LogP contribution >= 0.6 is 0 Å². The number of hydrogen-bond acceptors (Lipinski definition) is 4. The molecule has 6 heteroatoms. The molecule has 0 unspecified atom stereocenters. The van der Waals surface area contributed by atoms with Gasteiger partial charge in [-0.05, 0) is 89.1 Å². The van der Waals surface area contributed by atoms with Gasteiger partial charge in [0.25, 0.3) is 0 Å². The molecule has 3 fully saturated rings. The van der Waals surface area contributed by atoms with Crippen LogP contribution in [0.1, 0.15) is 181 Å². The number of nitrogens with zero attached hydrogens (tertiary/aromatic N) is 4. The van der Waals surface area contributed by atoms with Gasteiger partial charge in [0.15, 0.2) is 0 Å². The smallest absolute Gasteiger partial charge is 0.222 e. The minimum absolute atomic E-state index is 0.373. The zero-order valence-corrected chi connectivity index (χ0v) is 35.1. The molecule has 0 spiro atoms. The molecular formula is C46H86N4O2. The molecule has 3 rings (SSSR count).